The number of aliphatic carboxylic acids is 1. The van der Waals surface area contributed by atoms with Crippen molar-refractivity contribution in [3.05, 3.63) is 0 Å². The first-order chi connectivity index (χ1) is 9.87. The molecule has 0 spiro atoms. The summed E-state index contributed by atoms with van der Waals surface area (Å²) in [6, 6.07) is -0.758. The number of nitrogens with one attached hydrogen (secondary N) is 1. The second-order valence-corrected chi connectivity index (χ2v) is 8.22. The molecule has 0 saturated heterocycles. The molecule has 0 radical (unpaired) electrons. The summed E-state index contributed by atoms with van der Waals surface area (Å²) in [4.78, 5) is 23.6. The number of hydrogen-bond acceptors (Lipinski definition) is 2. The molecule has 0 aromatic heterocycles. The fourth-order valence-electron chi connectivity index (χ4n) is 5.59. The minimum absolute atomic E-state index is 0.0574. The molecule has 4 rings (SSSR count). The maximum atomic E-state index is 12.4. The molecule has 0 heterocycles. The van der Waals surface area contributed by atoms with Gasteiger partial charge < -0.3 is 10.4 Å². The maximum absolute atomic E-state index is 12.4. The average Bonchev–Trinajstić information content (AvgIpc) is 2.32. The van der Waals surface area contributed by atoms with Crippen LogP contribution >= 0.6 is 0 Å². The number of carbonyl (C=O) groups is 2. The number of rotatable bonds is 5. The van der Waals surface area contributed by atoms with E-state index in [0.717, 1.165) is 17.8 Å². The van der Waals surface area contributed by atoms with Gasteiger partial charge in [0.05, 0.1) is 0 Å². The van der Waals surface area contributed by atoms with Crippen molar-refractivity contribution in [3.8, 4) is 0 Å². The SMILES string of the molecule is CC(C)[C@@H](NC(=O)CC12CC3CC(CC(C3)C1)C2)C(=O)O. The lowest BCUT2D eigenvalue weighted by Gasteiger charge is -2.56. The van der Waals surface area contributed by atoms with E-state index >= 15 is 0 Å². The zero-order valence-corrected chi connectivity index (χ0v) is 13.1. The summed E-state index contributed by atoms with van der Waals surface area (Å²) in [6.45, 7) is 3.67. The zero-order chi connectivity index (χ0) is 15.2. The number of hydrogen-bond donors (Lipinski definition) is 2. The van der Waals surface area contributed by atoms with Crippen molar-refractivity contribution >= 4 is 11.9 Å². The van der Waals surface area contributed by atoms with Gasteiger partial charge >= 0.3 is 5.97 Å². The molecular weight excluding hydrogens is 266 g/mol. The highest BCUT2D eigenvalue weighted by Gasteiger charge is 2.51. The number of amides is 1. The normalized spacial score (nSPS) is 38.5. The molecule has 21 heavy (non-hydrogen) atoms. The third-order valence-electron chi connectivity index (χ3n) is 5.95. The standard InChI is InChI=1S/C17H27NO3/c1-10(2)15(16(20)21)18-14(19)9-17-6-11-3-12(7-17)5-13(4-11)8-17/h10-13,15H,3-9H2,1-2H3,(H,18,19)(H,20,21)/t11?,12?,13?,15-,17?/m1/s1. The maximum Gasteiger partial charge on any atom is 0.326 e. The smallest absolute Gasteiger partial charge is 0.326 e. The first-order valence-electron chi connectivity index (χ1n) is 8.39. The molecule has 4 fully saturated rings. The highest BCUT2D eigenvalue weighted by atomic mass is 16.4. The van der Waals surface area contributed by atoms with E-state index in [1.165, 1.54) is 38.5 Å². The lowest BCUT2D eigenvalue weighted by atomic mass is 9.49. The summed E-state index contributed by atoms with van der Waals surface area (Å²) in [5, 5.41) is 12.0. The Morgan fingerprint density at radius 2 is 1.57 bits per heavy atom. The van der Waals surface area contributed by atoms with Crippen molar-refractivity contribution in [1.82, 2.24) is 5.32 Å². The summed E-state index contributed by atoms with van der Waals surface area (Å²) in [5.74, 6) is 1.41. The van der Waals surface area contributed by atoms with Crippen LogP contribution in [0.1, 0.15) is 58.8 Å². The van der Waals surface area contributed by atoms with E-state index < -0.39 is 12.0 Å². The van der Waals surface area contributed by atoms with E-state index in [1.54, 1.807) is 0 Å². The Labute approximate surface area is 126 Å². The van der Waals surface area contributed by atoms with Crippen molar-refractivity contribution in [1.29, 1.82) is 0 Å². The highest BCUT2D eigenvalue weighted by Crippen LogP contribution is 2.61. The van der Waals surface area contributed by atoms with Crippen LogP contribution in [0.4, 0.5) is 0 Å². The molecule has 0 unspecified atom stereocenters. The van der Waals surface area contributed by atoms with Crippen LogP contribution in [0.25, 0.3) is 0 Å². The molecular formula is C17H27NO3. The predicted molar refractivity (Wildman–Crippen MR) is 79.6 cm³/mol. The van der Waals surface area contributed by atoms with Crippen LogP contribution in [0, 0.1) is 29.1 Å². The van der Waals surface area contributed by atoms with Crippen molar-refractivity contribution < 1.29 is 14.7 Å². The number of carboxylic acids is 1. The van der Waals surface area contributed by atoms with Gasteiger partial charge in [-0.1, -0.05) is 13.8 Å². The highest BCUT2D eigenvalue weighted by molar-refractivity contribution is 5.84. The molecule has 2 N–H and O–H groups in total. The molecule has 1 amide bonds. The van der Waals surface area contributed by atoms with Gasteiger partial charge in [0.2, 0.25) is 5.91 Å². The van der Waals surface area contributed by atoms with Crippen molar-refractivity contribution in [2.45, 2.75) is 64.8 Å². The fourth-order valence-corrected chi connectivity index (χ4v) is 5.59. The Balaban J connectivity index is 1.63. The monoisotopic (exact) mass is 293 g/mol. The van der Waals surface area contributed by atoms with Gasteiger partial charge in [-0.15, -0.1) is 0 Å². The van der Waals surface area contributed by atoms with E-state index in [4.69, 9.17) is 0 Å². The lowest BCUT2D eigenvalue weighted by Crippen LogP contribution is -2.50. The Morgan fingerprint density at radius 1 is 1.10 bits per heavy atom. The predicted octanol–water partition coefficient (Wildman–Crippen LogP) is 2.82. The zero-order valence-electron chi connectivity index (χ0n) is 13.1. The summed E-state index contributed by atoms with van der Waals surface area (Å²) in [5.41, 5.74) is 0.179. The van der Waals surface area contributed by atoms with Crippen LogP contribution in [-0.4, -0.2) is 23.0 Å². The van der Waals surface area contributed by atoms with E-state index in [0.29, 0.717) is 6.42 Å². The molecule has 4 nitrogen and oxygen atoms in total. The molecule has 4 aliphatic carbocycles. The quantitative estimate of drug-likeness (QED) is 0.819. The first kappa shape index (κ1) is 14.9. The van der Waals surface area contributed by atoms with Crippen molar-refractivity contribution in [2.24, 2.45) is 29.1 Å². The van der Waals surface area contributed by atoms with Gasteiger partial charge in [0, 0.05) is 6.42 Å². The molecule has 4 aliphatic rings. The molecule has 4 bridgehead atoms. The van der Waals surface area contributed by atoms with Gasteiger partial charge in [-0.2, -0.15) is 0 Å². The second-order valence-electron chi connectivity index (χ2n) is 8.22. The molecule has 0 aromatic rings. The third kappa shape index (κ3) is 2.95. The Kier molecular flexibility index (Phi) is 3.74. The van der Waals surface area contributed by atoms with Crippen molar-refractivity contribution in [3.63, 3.8) is 0 Å². The topological polar surface area (TPSA) is 66.4 Å². The van der Waals surface area contributed by atoms with Crippen LogP contribution in [0.2, 0.25) is 0 Å². The lowest BCUT2D eigenvalue weighted by molar-refractivity contribution is -0.144. The Morgan fingerprint density at radius 3 is 1.95 bits per heavy atom. The van der Waals surface area contributed by atoms with Crippen LogP contribution in [0.5, 0.6) is 0 Å². The third-order valence-corrected chi connectivity index (χ3v) is 5.95. The first-order valence-corrected chi connectivity index (χ1v) is 8.39. The van der Waals surface area contributed by atoms with Gasteiger partial charge in [0.25, 0.3) is 0 Å². The molecule has 0 aromatic carbocycles. The molecule has 0 aliphatic heterocycles. The second kappa shape index (κ2) is 5.29. The fraction of sp³-hybridized carbons (Fsp3) is 0.882. The van der Waals surface area contributed by atoms with Crippen LogP contribution in [0.3, 0.4) is 0 Å². The molecule has 4 saturated carbocycles. The van der Waals surface area contributed by atoms with Gasteiger partial charge in [0.15, 0.2) is 0 Å². The van der Waals surface area contributed by atoms with E-state index in [-0.39, 0.29) is 17.2 Å². The number of carboxylic acid groups (broad SMARTS) is 1. The van der Waals surface area contributed by atoms with Gasteiger partial charge in [-0.05, 0) is 67.6 Å². The summed E-state index contributed by atoms with van der Waals surface area (Å²) < 4.78 is 0. The molecule has 4 heteroatoms. The van der Waals surface area contributed by atoms with E-state index in [2.05, 4.69) is 5.32 Å². The minimum atomic E-state index is -0.927. The van der Waals surface area contributed by atoms with Gasteiger partial charge in [-0.3, -0.25) is 4.79 Å². The summed E-state index contributed by atoms with van der Waals surface area (Å²) in [7, 11) is 0. The Bertz CT molecular complexity index is 408. The summed E-state index contributed by atoms with van der Waals surface area (Å²) in [6.07, 6.45) is 8.19. The van der Waals surface area contributed by atoms with Crippen molar-refractivity contribution in [2.75, 3.05) is 0 Å². The largest absolute Gasteiger partial charge is 0.480 e. The van der Waals surface area contributed by atoms with Crippen LogP contribution < -0.4 is 5.32 Å². The number of carbonyl (C=O) groups excluding carboxylic acids is 1. The van der Waals surface area contributed by atoms with Crippen LogP contribution in [-0.2, 0) is 9.59 Å². The van der Waals surface area contributed by atoms with Gasteiger partial charge in [0.1, 0.15) is 6.04 Å². The summed E-state index contributed by atoms with van der Waals surface area (Å²) >= 11 is 0. The Hall–Kier alpha value is -1.06. The average molecular weight is 293 g/mol. The van der Waals surface area contributed by atoms with E-state index in [9.17, 15) is 14.7 Å². The van der Waals surface area contributed by atoms with Crippen LogP contribution in [0.15, 0.2) is 0 Å². The van der Waals surface area contributed by atoms with Gasteiger partial charge in [-0.25, -0.2) is 4.79 Å². The minimum Gasteiger partial charge on any atom is -0.480 e. The molecule has 118 valence electrons. The van der Waals surface area contributed by atoms with E-state index in [1.807, 2.05) is 13.8 Å². The molecule has 1 atom stereocenters.